The molecule has 19 heavy (non-hydrogen) atoms. The molecule has 0 aliphatic heterocycles. The van der Waals surface area contributed by atoms with Gasteiger partial charge in [0.2, 0.25) is 0 Å². The highest BCUT2D eigenvalue weighted by Gasteiger charge is 2.22. The summed E-state index contributed by atoms with van der Waals surface area (Å²) in [5.41, 5.74) is 2.75. The second kappa shape index (κ2) is 6.21. The van der Waals surface area contributed by atoms with Crippen LogP contribution in [0.4, 0.5) is 11.4 Å². The van der Waals surface area contributed by atoms with Crippen molar-refractivity contribution >= 4 is 44.7 Å². The summed E-state index contributed by atoms with van der Waals surface area (Å²) in [7, 11) is 0. The van der Waals surface area contributed by atoms with Gasteiger partial charge in [-0.05, 0) is 24.8 Å². The Bertz CT molecular complexity index is 585. The van der Waals surface area contributed by atoms with Gasteiger partial charge in [0.15, 0.2) is 5.52 Å². The zero-order chi connectivity index (χ0) is 13.8. The van der Waals surface area contributed by atoms with Gasteiger partial charge in [-0.2, -0.15) is 11.8 Å². The summed E-state index contributed by atoms with van der Waals surface area (Å²) in [5.74, 6) is 0.919. The molecular weight excluding hydrogens is 282 g/mol. The van der Waals surface area contributed by atoms with Crippen LogP contribution in [0.2, 0.25) is 0 Å². The van der Waals surface area contributed by atoms with Crippen molar-refractivity contribution in [2.45, 2.75) is 19.4 Å². The van der Waals surface area contributed by atoms with Crippen molar-refractivity contribution in [1.29, 1.82) is 0 Å². The molecule has 0 saturated carbocycles. The molecule has 0 aliphatic carbocycles. The van der Waals surface area contributed by atoms with Gasteiger partial charge in [0.1, 0.15) is 5.69 Å². The van der Waals surface area contributed by atoms with Crippen LogP contribution in [0.25, 0.3) is 10.2 Å². The van der Waals surface area contributed by atoms with Crippen LogP contribution in [0, 0.1) is 10.1 Å². The Hall–Kier alpha value is -1.34. The third-order valence-corrected chi connectivity index (χ3v) is 4.41. The van der Waals surface area contributed by atoms with Crippen LogP contribution in [-0.2, 0) is 0 Å². The molecule has 1 heterocycles. The molecule has 2 rings (SSSR count). The molecular formula is C12H15N3O2S2. The standard InChI is InChI=1S/C12H15N3O2S2/c1-3-8(6-18-2)14-9-4-5-10-11(13-7-19-10)12(9)15(16)17/h4-5,7-8,14H,3,6H2,1-2H3. The van der Waals surface area contributed by atoms with Gasteiger partial charge in [-0.25, -0.2) is 4.98 Å². The van der Waals surface area contributed by atoms with Crippen molar-refractivity contribution in [3.05, 3.63) is 27.8 Å². The number of aromatic nitrogens is 1. The number of thioether (sulfide) groups is 1. The average Bonchev–Trinajstić information content (AvgIpc) is 2.85. The fraction of sp³-hybridized carbons (Fsp3) is 0.417. The van der Waals surface area contributed by atoms with E-state index in [9.17, 15) is 10.1 Å². The van der Waals surface area contributed by atoms with Crippen LogP contribution < -0.4 is 5.32 Å². The molecule has 0 saturated heterocycles. The Morgan fingerprint density at radius 3 is 3.00 bits per heavy atom. The molecule has 0 spiro atoms. The third kappa shape index (κ3) is 2.98. The van der Waals surface area contributed by atoms with E-state index in [1.54, 1.807) is 23.3 Å². The number of hydrogen-bond acceptors (Lipinski definition) is 6. The van der Waals surface area contributed by atoms with Crippen LogP contribution >= 0.6 is 23.1 Å². The first-order valence-corrected chi connectivity index (χ1v) is 8.20. The van der Waals surface area contributed by atoms with E-state index in [0.717, 1.165) is 16.9 Å². The molecule has 5 nitrogen and oxygen atoms in total. The largest absolute Gasteiger partial charge is 0.376 e. The van der Waals surface area contributed by atoms with Gasteiger partial charge in [0.25, 0.3) is 0 Å². The summed E-state index contributed by atoms with van der Waals surface area (Å²) < 4.78 is 0.843. The Morgan fingerprint density at radius 1 is 1.58 bits per heavy atom. The Labute approximate surface area is 119 Å². The number of hydrogen-bond donors (Lipinski definition) is 1. The normalized spacial score (nSPS) is 12.5. The molecule has 1 unspecified atom stereocenters. The van der Waals surface area contributed by atoms with Crippen LogP contribution in [0.15, 0.2) is 17.6 Å². The maximum atomic E-state index is 11.3. The predicted octanol–water partition coefficient (Wildman–Crippen LogP) is 3.76. The summed E-state index contributed by atoms with van der Waals surface area (Å²) in [4.78, 5) is 15.0. The molecule has 0 aliphatic rings. The van der Waals surface area contributed by atoms with Gasteiger partial charge in [-0.15, -0.1) is 11.3 Å². The molecule has 1 aromatic heterocycles. The molecule has 1 N–H and O–H groups in total. The van der Waals surface area contributed by atoms with E-state index >= 15 is 0 Å². The van der Waals surface area contributed by atoms with Crippen molar-refractivity contribution in [3.8, 4) is 0 Å². The third-order valence-electron chi connectivity index (χ3n) is 2.88. The number of benzene rings is 1. The highest BCUT2D eigenvalue weighted by Crippen LogP contribution is 2.34. The molecule has 7 heteroatoms. The van der Waals surface area contributed by atoms with Gasteiger partial charge in [-0.1, -0.05) is 6.92 Å². The first-order chi connectivity index (χ1) is 9.17. The van der Waals surface area contributed by atoms with Gasteiger partial charge in [0.05, 0.1) is 15.1 Å². The first kappa shape index (κ1) is 14.1. The van der Waals surface area contributed by atoms with E-state index in [1.165, 1.54) is 11.3 Å². The minimum atomic E-state index is -0.351. The van der Waals surface area contributed by atoms with E-state index in [-0.39, 0.29) is 16.7 Å². The van der Waals surface area contributed by atoms with Crippen molar-refractivity contribution < 1.29 is 4.92 Å². The van der Waals surface area contributed by atoms with Crippen LogP contribution in [-0.4, -0.2) is 28.0 Å². The summed E-state index contributed by atoms with van der Waals surface area (Å²) in [5, 5.41) is 14.5. The number of nitro benzene ring substituents is 1. The molecule has 0 bridgehead atoms. The predicted molar refractivity (Wildman–Crippen MR) is 82.4 cm³/mol. The highest BCUT2D eigenvalue weighted by molar-refractivity contribution is 7.98. The van der Waals surface area contributed by atoms with Gasteiger partial charge < -0.3 is 5.32 Å². The van der Waals surface area contributed by atoms with Gasteiger partial charge in [0, 0.05) is 11.8 Å². The summed E-state index contributed by atoms with van der Waals surface area (Å²) in [6.45, 7) is 2.07. The van der Waals surface area contributed by atoms with Gasteiger partial charge >= 0.3 is 5.69 Å². The number of nitro groups is 1. The van der Waals surface area contributed by atoms with E-state index < -0.39 is 0 Å². The quantitative estimate of drug-likeness (QED) is 0.649. The maximum Gasteiger partial charge on any atom is 0.319 e. The Balaban J connectivity index is 2.41. The van der Waals surface area contributed by atoms with Crippen molar-refractivity contribution in [1.82, 2.24) is 4.98 Å². The van der Waals surface area contributed by atoms with Crippen molar-refractivity contribution in [2.75, 3.05) is 17.3 Å². The van der Waals surface area contributed by atoms with Crippen molar-refractivity contribution in [3.63, 3.8) is 0 Å². The number of nitrogens with zero attached hydrogens (tertiary/aromatic N) is 2. The number of thiazole rings is 1. The fourth-order valence-electron chi connectivity index (χ4n) is 1.90. The monoisotopic (exact) mass is 297 g/mol. The topological polar surface area (TPSA) is 68.1 Å². The lowest BCUT2D eigenvalue weighted by Crippen LogP contribution is -2.21. The van der Waals surface area contributed by atoms with Crippen LogP contribution in [0.3, 0.4) is 0 Å². The number of rotatable bonds is 6. The zero-order valence-corrected chi connectivity index (χ0v) is 12.4. The molecule has 102 valence electrons. The van der Waals surface area contributed by atoms with E-state index in [0.29, 0.717) is 11.2 Å². The fourth-order valence-corrected chi connectivity index (χ4v) is 3.30. The number of nitrogens with one attached hydrogen (secondary N) is 1. The van der Waals surface area contributed by atoms with E-state index in [2.05, 4.69) is 17.2 Å². The molecule has 1 aromatic carbocycles. The second-order valence-corrected chi connectivity index (χ2v) is 5.92. The maximum absolute atomic E-state index is 11.3. The molecule has 1 atom stereocenters. The Morgan fingerprint density at radius 2 is 2.37 bits per heavy atom. The average molecular weight is 297 g/mol. The zero-order valence-electron chi connectivity index (χ0n) is 10.8. The molecule has 0 amide bonds. The summed E-state index contributed by atoms with van der Waals surface area (Å²) >= 11 is 3.14. The van der Waals surface area contributed by atoms with Crippen LogP contribution in [0.5, 0.6) is 0 Å². The minimum absolute atomic E-state index is 0.0818. The van der Waals surface area contributed by atoms with E-state index in [1.807, 2.05) is 12.3 Å². The molecule has 0 fully saturated rings. The second-order valence-electron chi connectivity index (χ2n) is 4.12. The van der Waals surface area contributed by atoms with Gasteiger partial charge in [-0.3, -0.25) is 10.1 Å². The number of fused-ring (bicyclic) bond motifs is 1. The van der Waals surface area contributed by atoms with Crippen LogP contribution in [0.1, 0.15) is 13.3 Å². The summed E-state index contributed by atoms with van der Waals surface area (Å²) in [6.07, 6.45) is 2.95. The SMILES string of the molecule is CCC(CSC)Nc1ccc2scnc2c1[N+](=O)[O-]. The smallest absolute Gasteiger partial charge is 0.319 e. The first-order valence-electron chi connectivity index (χ1n) is 5.93. The highest BCUT2D eigenvalue weighted by atomic mass is 32.2. The number of anilines is 1. The van der Waals surface area contributed by atoms with Crippen molar-refractivity contribution in [2.24, 2.45) is 0 Å². The lowest BCUT2D eigenvalue weighted by atomic mass is 10.2. The van der Waals surface area contributed by atoms with E-state index in [4.69, 9.17) is 0 Å². The molecule has 2 aromatic rings. The molecule has 0 radical (unpaired) electrons. The lowest BCUT2D eigenvalue weighted by Gasteiger charge is -2.17. The lowest BCUT2D eigenvalue weighted by molar-refractivity contribution is -0.382. The summed E-state index contributed by atoms with van der Waals surface area (Å²) in [6, 6.07) is 3.89. The Kier molecular flexibility index (Phi) is 4.60. The minimum Gasteiger partial charge on any atom is -0.376 e.